The van der Waals surface area contributed by atoms with Gasteiger partial charge < -0.3 is 10.4 Å². The van der Waals surface area contributed by atoms with E-state index in [-0.39, 0.29) is 22.5 Å². The van der Waals surface area contributed by atoms with Gasteiger partial charge in [0.05, 0.1) is 16.2 Å². The number of rotatable bonds is 4. The Morgan fingerprint density at radius 2 is 1.77 bits per heavy atom. The van der Waals surface area contributed by atoms with Crippen molar-refractivity contribution in [2.45, 2.75) is 0 Å². The van der Waals surface area contributed by atoms with E-state index in [2.05, 4.69) is 5.32 Å². The number of hydrogen-bond donors (Lipinski definition) is 2. The molecule has 2 rings (SSSR count). The number of nitro groups is 1. The summed E-state index contributed by atoms with van der Waals surface area (Å²) in [7, 11) is 0. The van der Waals surface area contributed by atoms with Gasteiger partial charge in [-0.3, -0.25) is 14.9 Å². The molecule has 0 spiro atoms. The lowest BCUT2D eigenvalue weighted by Gasteiger charge is -2.08. The Kier molecular flexibility index (Phi) is 4.38. The van der Waals surface area contributed by atoms with Crippen LogP contribution in [0.25, 0.3) is 0 Å². The highest BCUT2D eigenvalue weighted by atomic mass is 35.5. The number of hydrogen-bond acceptors (Lipinski definition) is 4. The lowest BCUT2D eigenvalue weighted by molar-refractivity contribution is -0.384. The Hall–Kier alpha value is -2.93. The molecule has 0 bridgehead atoms. The van der Waals surface area contributed by atoms with Crippen LogP contribution in [0.2, 0.25) is 5.02 Å². The predicted molar refractivity (Wildman–Crippen MR) is 79.5 cm³/mol. The third kappa shape index (κ3) is 3.39. The zero-order valence-electron chi connectivity index (χ0n) is 10.9. The molecule has 2 N–H and O–H groups in total. The number of non-ortho nitro benzene ring substituents is 1. The molecule has 2 aromatic carbocycles. The molecule has 0 aliphatic rings. The molecular formula is C14H9ClN2O5. The number of aromatic carboxylic acids is 1. The molecule has 1 amide bonds. The maximum absolute atomic E-state index is 12.0. The van der Waals surface area contributed by atoms with Crippen LogP contribution in [0.4, 0.5) is 11.4 Å². The molecule has 112 valence electrons. The minimum atomic E-state index is -1.38. The number of carboxylic acid groups (broad SMARTS) is 1. The number of nitro benzene ring substituents is 1. The van der Waals surface area contributed by atoms with E-state index in [1.54, 1.807) is 0 Å². The fourth-order valence-corrected chi connectivity index (χ4v) is 1.85. The highest BCUT2D eigenvalue weighted by Gasteiger charge is 2.18. The molecule has 2 aromatic rings. The minimum Gasteiger partial charge on any atom is -0.478 e. The average Bonchev–Trinajstić information content (AvgIpc) is 2.47. The van der Waals surface area contributed by atoms with Crippen molar-refractivity contribution in [3.8, 4) is 0 Å². The van der Waals surface area contributed by atoms with E-state index >= 15 is 0 Å². The average molecular weight is 321 g/mol. The number of benzene rings is 2. The lowest BCUT2D eigenvalue weighted by Crippen LogP contribution is -2.15. The van der Waals surface area contributed by atoms with Crippen molar-refractivity contribution in [3.05, 3.63) is 68.7 Å². The molecule has 0 aliphatic carbocycles. The number of amides is 1. The molecule has 0 heterocycles. The second kappa shape index (κ2) is 6.23. The van der Waals surface area contributed by atoms with Crippen LogP contribution in [0.15, 0.2) is 42.5 Å². The molecular weight excluding hydrogens is 312 g/mol. The minimum absolute atomic E-state index is 0.0296. The number of carboxylic acids is 1. The Balaban J connectivity index is 2.32. The van der Waals surface area contributed by atoms with Crippen LogP contribution in [0, 0.1) is 10.1 Å². The third-order valence-electron chi connectivity index (χ3n) is 2.80. The quantitative estimate of drug-likeness (QED) is 0.664. The summed E-state index contributed by atoms with van der Waals surface area (Å²) in [6, 6.07) is 9.17. The van der Waals surface area contributed by atoms with Gasteiger partial charge in [0, 0.05) is 22.7 Å². The van der Waals surface area contributed by atoms with E-state index in [4.69, 9.17) is 16.7 Å². The summed E-state index contributed by atoms with van der Waals surface area (Å²) in [5.74, 6) is -1.93. The fourth-order valence-electron chi connectivity index (χ4n) is 1.73. The molecule has 7 nitrogen and oxygen atoms in total. The van der Waals surface area contributed by atoms with Crippen LogP contribution >= 0.6 is 11.6 Å². The van der Waals surface area contributed by atoms with E-state index in [9.17, 15) is 19.7 Å². The number of nitrogens with one attached hydrogen (secondary N) is 1. The van der Waals surface area contributed by atoms with Gasteiger partial charge in [-0.2, -0.15) is 0 Å². The highest BCUT2D eigenvalue weighted by molar-refractivity contribution is 6.30. The first kappa shape index (κ1) is 15.5. The van der Waals surface area contributed by atoms with E-state index < -0.39 is 16.8 Å². The smallest absolute Gasteiger partial charge is 0.338 e. The first-order chi connectivity index (χ1) is 10.4. The molecule has 0 atom stereocenters. The molecule has 0 saturated carbocycles. The predicted octanol–water partition coefficient (Wildman–Crippen LogP) is 3.20. The van der Waals surface area contributed by atoms with Gasteiger partial charge in [0.1, 0.15) is 0 Å². The molecule has 0 aromatic heterocycles. The summed E-state index contributed by atoms with van der Waals surface area (Å²) in [6.07, 6.45) is 0. The van der Waals surface area contributed by atoms with Gasteiger partial charge in [-0.1, -0.05) is 11.6 Å². The molecule has 0 saturated heterocycles. The van der Waals surface area contributed by atoms with Crippen LogP contribution in [0.1, 0.15) is 20.7 Å². The normalized spacial score (nSPS) is 10.0. The molecule has 0 aliphatic heterocycles. The zero-order valence-corrected chi connectivity index (χ0v) is 11.7. The summed E-state index contributed by atoms with van der Waals surface area (Å²) in [6.45, 7) is 0. The number of nitrogens with zero attached hydrogens (tertiary/aromatic N) is 1. The van der Waals surface area contributed by atoms with E-state index in [0.717, 1.165) is 12.1 Å². The summed E-state index contributed by atoms with van der Waals surface area (Å²) < 4.78 is 0. The first-order valence-electron chi connectivity index (χ1n) is 5.97. The Morgan fingerprint density at radius 3 is 2.32 bits per heavy atom. The van der Waals surface area contributed by atoms with Gasteiger partial charge in [-0.25, -0.2) is 4.79 Å². The van der Waals surface area contributed by atoms with Crippen molar-refractivity contribution < 1.29 is 19.6 Å². The van der Waals surface area contributed by atoms with Gasteiger partial charge in [-0.05, 0) is 30.3 Å². The summed E-state index contributed by atoms with van der Waals surface area (Å²) in [4.78, 5) is 33.2. The summed E-state index contributed by atoms with van der Waals surface area (Å²) in [5.41, 5.74) is -0.490. The zero-order chi connectivity index (χ0) is 16.3. The molecule has 0 unspecified atom stereocenters. The number of carbonyl (C=O) groups is 2. The van der Waals surface area contributed by atoms with Crippen molar-refractivity contribution in [1.82, 2.24) is 0 Å². The van der Waals surface area contributed by atoms with E-state index in [0.29, 0.717) is 5.02 Å². The van der Waals surface area contributed by atoms with Crippen molar-refractivity contribution in [3.63, 3.8) is 0 Å². The largest absolute Gasteiger partial charge is 0.478 e. The van der Waals surface area contributed by atoms with E-state index in [1.807, 2.05) is 0 Å². The van der Waals surface area contributed by atoms with Crippen molar-refractivity contribution >= 4 is 34.9 Å². The van der Waals surface area contributed by atoms with Crippen molar-refractivity contribution in [2.24, 2.45) is 0 Å². The monoisotopic (exact) mass is 320 g/mol. The van der Waals surface area contributed by atoms with Gasteiger partial charge in [-0.15, -0.1) is 0 Å². The number of carbonyl (C=O) groups excluding carboxylic acids is 1. The molecule has 22 heavy (non-hydrogen) atoms. The number of anilines is 1. The SMILES string of the molecule is O=C(Nc1ccc([N+](=O)[O-])cc1C(=O)O)c1ccc(Cl)cc1. The van der Waals surface area contributed by atoms with Crippen LogP contribution in [-0.4, -0.2) is 21.9 Å². The second-order valence-corrected chi connectivity index (χ2v) is 4.69. The maximum atomic E-state index is 12.0. The summed E-state index contributed by atoms with van der Waals surface area (Å²) >= 11 is 5.72. The van der Waals surface area contributed by atoms with Crippen LogP contribution < -0.4 is 5.32 Å². The Bertz CT molecular complexity index is 758. The summed E-state index contributed by atoms with van der Waals surface area (Å²) in [5, 5.41) is 22.6. The highest BCUT2D eigenvalue weighted by Crippen LogP contribution is 2.23. The van der Waals surface area contributed by atoms with Crippen LogP contribution in [0.3, 0.4) is 0 Å². The van der Waals surface area contributed by atoms with Crippen LogP contribution in [-0.2, 0) is 0 Å². The molecule has 0 radical (unpaired) electrons. The van der Waals surface area contributed by atoms with Crippen LogP contribution in [0.5, 0.6) is 0 Å². The maximum Gasteiger partial charge on any atom is 0.338 e. The van der Waals surface area contributed by atoms with Gasteiger partial charge >= 0.3 is 5.97 Å². The standard InChI is InChI=1S/C14H9ClN2O5/c15-9-3-1-8(2-4-9)13(18)16-12-6-5-10(17(21)22)7-11(12)14(19)20/h1-7H,(H,16,18)(H,19,20). The topological polar surface area (TPSA) is 110 Å². The van der Waals surface area contributed by atoms with Crippen molar-refractivity contribution in [2.75, 3.05) is 5.32 Å². The van der Waals surface area contributed by atoms with Gasteiger partial charge in [0.15, 0.2) is 0 Å². The van der Waals surface area contributed by atoms with Gasteiger partial charge in [0.2, 0.25) is 0 Å². The Morgan fingerprint density at radius 1 is 1.14 bits per heavy atom. The Labute approximate surface area is 129 Å². The second-order valence-electron chi connectivity index (χ2n) is 4.25. The first-order valence-corrected chi connectivity index (χ1v) is 6.35. The van der Waals surface area contributed by atoms with Gasteiger partial charge in [0.25, 0.3) is 11.6 Å². The van der Waals surface area contributed by atoms with E-state index in [1.165, 1.54) is 30.3 Å². The third-order valence-corrected chi connectivity index (χ3v) is 3.05. The van der Waals surface area contributed by atoms with Crippen molar-refractivity contribution in [1.29, 1.82) is 0 Å². The lowest BCUT2D eigenvalue weighted by atomic mass is 10.1. The number of halogens is 1. The molecule has 8 heteroatoms. The molecule has 0 fully saturated rings. The fraction of sp³-hybridized carbons (Fsp3) is 0.